The summed E-state index contributed by atoms with van der Waals surface area (Å²) in [4.78, 5) is 33.2. The number of guanidine groups is 1. The summed E-state index contributed by atoms with van der Waals surface area (Å²) in [5, 5.41) is 16.4. The van der Waals surface area contributed by atoms with E-state index in [9.17, 15) is 9.59 Å². The molecule has 0 radical (unpaired) electrons. The van der Waals surface area contributed by atoms with Crippen LogP contribution >= 0.6 is 0 Å². The third-order valence-electron chi connectivity index (χ3n) is 6.10. The molecule has 4 N–H and O–H groups in total. The second-order valence-corrected chi connectivity index (χ2v) is 8.34. The van der Waals surface area contributed by atoms with E-state index < -0.39 is 5.97 Å². The molecule has 3 rings (SSSR count). The van der Waals surface area contributed by atoms with Gasteiger partial charge in [0.1, 0.15) is 6.10 Å². The number of unbranched alkanes of at least 4 members (excludes halogenated alkanes) is 1. The van der Waals surface area contributed by atoms with Crippen molar-refractivity contribution in [2.75, 3.05) is 85.1 Å². The maximum absolute atomic E-state index is 12.2. The van der Waals surface area contributed by atoms with Crippen molar-refractivity contribution in [1.29, 1.82) is 5.41 Å². The first-order chi connectivity index (χ1) is 14.4. The maximum atomic E-state index is 12.2. The number of nitrogens with one attached hydrogen (secondary N) is 1. The number of hydrogen-bond acceptors (Lipinski definition) is 7. The van der Waals surface area contributed by atoms with Gasteiger partial charge in [0.25, 0.3) is 0 Å². The zero-order valence-corrected chi connectivity index (χ0v) is 17.7. The Hall–Kier alpha value is -2.11. The smallest absolute Gasteiger partial charge is 0.410 e. The van der Waals surface area contributed by atoms with Gasteiger partial charge in [-0.3, -0.25) is 24.9 Å². The fraction of sp³-hybridized carbons (Fsp3) is 0.842. The number of ether oxygens (including phenoxy) is 1. The number of cyclic esters (lactones) is 1. The van der Waals surface area contributed by atoms with Crippen LogP contribution in [0.15, 0.2) is 0 Å². The van der Waals surface area contributed by atoms with Gasteiger partial charge in [-0.1, -0.05) is 0 Å². The Kier molecular flexibility index (Phi) is 8.11. The lowest BCUT2D eigenvalue weighted by atomic mass is 10.2. The van der Waals surface area contributed by atoms with Crippen LogP contribution in [-0.2, 0) is 9.53 Å². The highest BCUT2D eigenvalue weighted by Gasteiger charge is 2.32. The van der Waals surface area contributed by atoms with Crippen LogP contribution in [0, 0.1) is 5.41 Å². The summed E-state index contributed by atoms with van der Waals surface area (Å²) in [6, 6.07) is 0. The number of aliphatic carboxylic acids is 1. The summed E-state index contributed by atoms with van der Waals surface area (Å²) >= 11 is 0. The van der Waals surface area contributed by atoms with Gasteiger partial charge >= 0.3 is 12.1 Å². The zero-order valence-electron chi connectivity index (χ0n) is 17.7. The van der Waals surface area contributed by atoms with Crippen LogP contribution in [0.25, 0.3) is 0 Å². The van der Waals surface area contributed by atoms with Crippen LogP contribution < -0.4 is 5.73 Å². The molecule has 3 aliphatic rings. The van der Waals surface area contributed by atoms with Gasteiger partial charge in [-0.25, -0.2) is 4.79 Å². The molecule has 0 aromatic rings. The third kappa shape index (κ3) is 6.71. The molecule has 0 bridgehead atoms. The van der Waals surface area contributed by atoms with Gasteiger partial charge in [0, 0.05) is 65.4 Å². The number of hydrogen-bond donors (Lipinski definition) is 3. The molecule has 30 heavy (non-hydrogen) atoms. The number of carboxylic acid groups (broad SMARTS) is 1. The largest absolute Gasteiger partial charge is 0.480 e. The average Bonchev–Trinajstić information content (AvgIpc) is 3.05. The minimum atomic E-state index is -0.790. The lowest BCUT2D eigenvalue weighted by Gasteiger charge is -2.34. The summed E-state index contributed by atoms with van der Waals surface area (Å²) in [5.41, 5.74) is 5.53. The summed E-state index contributed by atoms with van der Waals surface area (Å²) in [7, 11) is 0. The van der Waals surface area contributed by atoms with Crippen molar-refractivity contribution in [2.24, 2.45) is 5.73 Å². The van der Waals surface area contributed by atoms with E-state index in [1.165, 1.54) is 0 Å². The SMILES string of the molecule is N=C(N)N1CCN(CCCCN2CC(CN3CCN(CC(=O)O)CC3)OC2=O)CC1. The van der Waals surface area contributed by atoms with Crippen LogP contribution in [0.5, 0.6) is 0 Å². The lowest BCUT2D eigenvalue weighted by molar-refractivity contribution is -0.138. The number of carbonyl (C=O) groups excluding carboxylic acids is 1. The number of nitrogens with zero attached hydrogens (tertiary/aromatic N) is 5. The maximum Gasteiger partial charge on any atom is 0.410 e. The molecular formula is C19H35N7O4. The molecule has 0 saturated carbocycles. The number of amides is 1. The molecule has 3 fully saturated rings. The van der Waals surface area contributed by atoms with E-state index in [2.05, 4.69) is 9.80 Å². The van der Waals surface area contributed by atoms with Gasteiger partial charge in [0.05, 0.1) is 13.1 Å². The van der Waals surface area contributed by atoms with E-state index in [0.717, 1.165) is 78.3 Å². The molecule has 1 atom stereocenters. The molecule has 0 aliphatic carbocycles. The van der Waals surface area contributed by atoms with Crippen molar-refractivity contribution in [3.8, 4) is 0 Å². The van der Waals surface area contributed by atoms with E-state index in [0.29, 0.717) is 13.1 Å². The summed E-state index contributed by atoms with van der Waals surface area (Å²) in [6.45, 7) is 9.68. The van der Waals surface area contributed by atoms with Crippen LogP contribution in [0.1, 0.15) is 12.8 Å². The molecule has 3 heterocycles. The van der Waals surface area contributed by atoms with Gasteiger partial charge in [0.2, 0.25) is 0 Å². The number of nitrogens with two attached hydrogens (primary N) is 1. The highest BCUT2D eigenvalue weighted by molar-refractivity contribution is 5.74. The normalized spacial score (nSPS) is 24.3. The van der Waals surface area contributed by atoms with Crippen molar-refractivity contribution < 1.29 is 19.4 Å². The average molecular weight is 426 g/mol. The first-order valence-electron chi connectivity index (χ1n) is 10.8. The standard InChI is InChI=1S/C19H35N7O4/c20-18(21)25-11-9-22(10-12-25)3-1-2-4-26-14-16(30-19(26)29)13-23-5-7-24(8-6-23)15-17(27)28/h16H,1-15H2,(H3,20,21)(H,27,28). The van der Waals surface area contributed by atoms with E-state index in [4.69, 9.17) is 21.0 Å². The van der Waals surface area contributed by atoms with Crippen LogP contribution in [0.3, 0.4) is 0 Å². The van der Waals surface area contributed by atoms with Gasteiger partial charge in [-0.15, -0.1) is 0 Å². The van der Waals surface area contributed by atoms with E-state index in [1.54, 1.807) is 4.90 Å². The number of carboxylic acids is 1. The number of piperazine rings is 2. The first kappa shape index (κ1) is 22.6. The van der Waals surface area contributed by atoms with E-state index >= 15 is 0 Å². The van der Waals surface area contributed by atoms with Crippen molar-refractivity contribution >= 4 is 18.0 Å². The molecule has 3 aliphatic heterocycles. The summed E-state index contributed by atoms with van der Waals surface area (Å²) in [5.74, 6) is -0.638. The fourth-order valence-electron chi connectivity index (χ4n) is 4.31. The van der Waals surface area contributed by atoms with Crippen molar-refractivity contribution in [2.45, 2.75) is 18.9 Å². The molecule has 3 saturated heterocycles. The third-order valence-corrected chi connectivity index (χ3v) is 6.10. The Bertz CT molecular complexity index is 604. The highest BCUT2D eigenvalue weighted by atomic mass is 16.6. The molecule has 0 aromatic carbocycles. The quantitative estimate of drug-likeness (QED) is 0.237. The van der Waals surface area contributed by atoms with Crippen LogP contribution in [-0.4, -0.2) is 139 Å². The summed E-state index contributed by atoms with van der Waals surface area (Å²) < 4.78 is 5.54. The topological polar surface area (TPSA) is 130 Å². The van der Waals surface area contributed by atoms with Gasteiger partial charge in [-0.05, 0) is 19.4 Å². The molecule has 1 amide bonds. The van der Waals surface area contributed by atoms with Gasteiger partial charge < -0.3 is 25.4 Å². The second kappa shape index (κ2) is 10.8. The molecule has 0 spiro atoms. The molecule has 0 aromatic heterocycles. The minimum Gasteiger partial charge on any atom is -0.480 e. The lowest BCUT2D eigenvalue weighted by Crippen LogP contribution is -2.50. The summed E-state index contributed by atoms with van der Waals surface area (Å²) in [6.07, 6.45) is 1.64. The predicted molar refractivity (Wildman–Crippen MR) is 112 cm³/mol. The molecule has 11 nitrogen and oxygen atoms in total. The predicted octanol–water partition coefficient (Wildman–Crippen LogP) is -1.20. The Balaban J connectivity index is 1.27. The van der Waals surface area contributed by atoms with Crippen molar-refractivity contribution in [1.82, 2.24) is 24.5 Å². The monoisotopic (exact) mass is 425 g/mol. The van der Waals surface area contributed by atoms with Gasteiger partial charge in [0.15, 0.2) is 5.96 Å². The molecular weight excluding hydrogens is 390 g/mol. The molecule has 11 heteroatoms. The fourth-order valence-corrected chi connectivity index (χ4v) is 4.31. The van der Waals surface area contributed by atoms with Crippen molar-refractivity contribution in [3.63, 3.8) is 0 Å². The zero-order chi connectivity index (χ0) is 21.5. The Morgan fingerprint density at radius 2 is 1.60 bits per heavy atom. The minimum absolute atomic E-state index is 0.0897. The number of rotatable bonds is 9. The van der Waals surface area contributed by atoms with E-state index in [-0.39, 0.29) is 24.7 Å². The highest BCUT2D eigenvalue weighted by Crippen LogP contribution is 2.15. The molecule has 170 valence electrons. The van der Waals surface area contributed by atoms with E-state index in [1.807, 2.05) is 9.80 Å². The van der Waals surface area contributed by atoms with Gasteiger partial charge in [-0.2, -0.15) is 0 Å². The second-order valence-electron chi connectivity index (χ2n) is 8.34. The Morgan fingerprint density at radius 3 is 2.23 bits per heavy atom. The Morgan fingerprint density at radius 1 is 1.00 bits per heavy atom. The Labute approximate surface area is 177 Å². The van der Waals surface area contributed by atoms with Crippen molar-refractivity contribution in [3.05, 3.63) is 0 Å². The van der Waals surface area contributed by atoms with Crippen LogP contribution in [0.2, 0.25) is 0 Å². The molecule has 1 unspecified atom stereocenters. The number of carbonyl (C=O) groups is 2. The van der Waals surface area contributed by atoms with Crippen LogP contribution in [0.4, 0.5) is 4.79 Å². The first-order valence-corrected chi connectivity index (χ1v) is 10.8.